The molecular weight excluding hydrogens is 403 g/mol. The van der Waals surface area contributed by atoms with Crippen molar-refractivity contribution in [2.24, 2.45) is 0 Å². The molecule has 0 spiro atoms. The van der Waals surface area contributed by atoms with Gasteiger partial charge >= 0.3 is 0 Å². The Balaban J connectivity index is 1.87. The lowest BCUT2D eigenvalue weighted by Crippen LogP contribution is -2.40. The zero-order chi connectivity index (χ0) is 19.7. The molecule has 7 heteroatoms. The lowest BCUT2D eigenvalue weighted by Gasteiger charge is -2.36. The zero-order valence-electron chi connectivity index (χ0n) is 15.5. The molecule has 0 aromatic heterocycles. The zero-order valence-corrected chi connectivity index (χ0v) is 17.9. The quantitative estimate of drug-likeness (QED) is 0.734. The van der Waals surface area contributed by atoms with Gasteiger partial charge in [0.25, 0.3) is 0 Å². The third kappa shape index (κ3) is 4.06. The fourth-order valence-corrected chi connectivity index (χ4v) is 5.04. The first-order valence-corrected chi connectivity index (χ1v) is 10.6. The summed E-state index contributed by atoms with van der Waals surface area (Å²) in [5.41, 5.74) is 2.79. The van der Waals surface area contributed by atoms with Crippen LogP contribution in [-0.2, 0) is 28.6 Å². The van der Waals surface area contributed by atoms with E-state index in [1.807, 2.05) is 30.0 Å². The summed E-state index contributed by atoms with van der Waals surface area (Å²) in [5, 5.41) is 1.01. The molecule has 0 bridgehead atoms. The predicted octanol–water partition coefficient (Wildman–Crippen LogP) is 4.27. The molecule has 0 radical (unpaired) electrons. The van der Waals surface area contributed by atoms with Crippen LogP contribution in [0.1, 0.15) is 29.7 Å². The number of hydrogen-bond donors (Lipinski definition) is 0. The molecule has 1 unspecified atom stereocenters. The number of fused-ring (bicyclic) bond motifs is 1. The van der Waals surface area contributed by atoms with Crippen LogP contribution in [0.2, 0.25) is 10.0 Å². The van der Waals surface area contributed by atoms with E-state index in [9.17, 15) is 9.00 Å². The summed E-state index contributed by atoms with van der Waals surface area (Å²) in [5.74, 6) is -0.0118. The molecule has 1 heterocycles. The molecule has 1 aliphatic heterocycles. The fourth-order valence-electron chi connectivity index (χ4n) is 3.49. The number of carbonyl (C=O) groups excluding carboxylic acids is 1. The molecule has 3 rings (SSSR count). The van der Waals surface area contributed by atoms with Crippen LogP contribution in [0.25, 0.3) is 0 Å². The molecule has 2 atom stereocenters. The average Bonchev–Trinajstić information content (AvgIpc) is 2.64. The predicted molar refractivity (Wildman–Crippen MR) is 111 cm³/mol. The second-order valence-electron chi connectivity index (χ2n) is 6.78. The Morgan fingerprint density at radius 3 is 2.44 bits per heavy atom. The summed E-state index contributed by atoms with van der Waals surface area (Å²) < 4.78 is 14.3. The summed E-state index contributed by atoms with van der Waals surface area (Å²) in [4.78, 5) is 15.6. The standard InChI is InChI=1S/C20H22Cl2N2O2S/c1-13-14-6-4-9-19(27(26)23(2)3)15(14)10-11-24(13)20(25)12-16-17(21)7-5-8-18(16)22/h4-9,13H,10-12H2,1-3H3/t13-,27?/m0/s1. The van der Waals surface area contributed by atoms with Crippen LogP contribution in [-0.4, -0.2) is 40.0 Å². The molecule has 0 saturated carbocycles. The lowest BCUT2D eigenvalue weighted by atomic mass is 9.93. The number of rotatable bonds is 4. The number of carbonyl (C=O) groups is 1. The Hall–Kier alpha value is -1.40. The third-order valence-electron chi connectivity index (χ3n) is 4.92. The molecule has 2 aromatic rings. The molecule has 1 aliphatic rings. The maximum atomic E-state index is 13.0. The van der Waals surface area contributed by atoms with Crippen molar-refractivity contribution in [2.45, 2.75) is 30.7 Å². The first-order chi connectivity index (χ1) is 12.8. The number of hydrogen-bond acceptors (Lipinski definition) is 2. The van der Waals surface area contributed by atoms with Gasteiger partial charge in [-0.05, 0) is 62.3 Å². The molecule has 27 heavy (non-hydrogen) atoms. The van der Waals surface area contributed by atoms with E-state index < -0.39 is 11.0 Å². The minimum Gasteiger partial charge on any atom is -0.335 e. The van der Waals surface area contributed by atoms with E-state index in [1.54, 1.807) is 36.6 Å². The smallest absolute Gasteiger partial charge is 0.227 e. The van der Waals surface area contributed by atoms with Gasteiger partial charge in [-0.25, -0.2) is 8.51 Å². The van der Waals surface area contributed by atoms with Gasteiger partial charge in [-0.2, -0.15) is 0 Å². The van der Waals surface area contributed by atoms with Crippen molar-refractivity contribution in [1.82, 2.24) is 9.21 Å². The molecule has 0 N–H and O–H groups in total. The van der Waals surface area contributed by atoms with Gasteiger partial charge in [0, 0.05) is 16.6 Å². The summed E-state index contributed by atoms with van der Waals surface area (Å²) in [6.45, 7) is 2.59. The van der Waals surface area contributed by atoms with Crippen molar-refractivity contribution in [3.05, 3.63) is 63.1 Å². The van der Waals surface area contributed by atoms with Crippen LogP contribution >= 0.6 is 23.2 Å². The Morgan fingerprint density at radius 1 is 1.19 bits per heavy atom. The highest BCUT2D eigenvalue weighted by Gasteiger charge is 2.30. The summed E-state index contributed by atoms with van der Waals surface area (Å²) >= 11 is 12.4. The molecule has 0 aliphatic carbocycles. The topological polar surface area (TPSA) is 40.6 Å². The maximum Gasteiger partial charge on any atom is 0.227 e. The molecule has 2 aromatic carbocycles. The Kier molecular flexibility index (Phi) is 6.26. The van der Waals surface area contributed by atoms with Crippen LogP contribution in [0.3, 0.4) is 0 Å². The maximum absolute atomic E-state index is 13.0. The largest absolute Gasteiger partial charge is 0.335 e. The minimum atomic E-state index is -1.20. The highest BCUT2D eigenvalue weighted by Crippen LogP contribution is 2.34. The first kappa shape index (κ1) is 20.3. The highest BCUT2D eigenvalue weighted by molar-refractivity contribution is 7.82. The van der Waals surface area contributed by atoms with Gasteiger partial charge < -0.3 is 4.90 Å². The highest BCUT2D eigenvalue weighted by atomic mass is 35.5. The number of benzene rings is 2. The van der Waals surface area contributed by atoms with E-state index in [-0.39, 0.29) is 18.4 Å². The van der Waals surface area contributed by atoms with Gasteiger partial charge in [0.15, 0.2) is 0 Å². The van der Waals surface area contributed by atoms with Gasteiger partial charge in [-0.1, -0.05) is 41.4 Å². The van der Waals surface area contributed by atoms with Gasteiger partial charge in [-0.15, -0.1) is 0 Å². The van der Waals surface area contributed by atoms with Crippen LogP contribution in [0, 0.1) is 0 Å². The van der Waals surface area contributed by atoms with Gasteiger partial charge in [0.2, 0.25) is 5.91 Å². The van der Waals surface area contributed by atoms with E-state index in [0.717, 1.165) is 16.0 Å². The van der Waals surface area contributed by atoms with E-state index >= 15 is 0 Å². The molecule has 1 amide bonds. The minimum absolute atomic E-state index is 0.0118. The SMILES string of the molecule is C[C@H]1c2cccc(S(=O)N(C)C)c2CCN1C(=O)Cc1c(Cl)cccc1Cl. The van der Waals surface area contributed by atoms with Crippen LogP contribution in [0.15, 0.2) is 41.3 Å². The van der Waals surface area contributed by atoms with E-state index in [2.05, 4.69) is 0 Å². The second-order valence-corrected chi connectivity index (χ2v) is 9.26. The molecule has 0 saturated heterocycles. The Labute approximate surface area is 172 Å². The molecule has 0 fully saturated rings. The van der Waals surface area contributed by atoms with Crippen molar-refractivity contribution in [3.63, 3.8) is 0 Å². The monoisotopic (exact) mass is 424 g/mol. The lowest BCUT2D eigenvalue weighted by molar-refractivity contribution is -0.133. The van der Waals surface area contributed by atoms with Gasteiger partial charge in [0.05, 0.1) is 17.4 Å². The second kappa shape index (κ2) is 8.31. The van der Waals surface area contributed by atoms with E-state index in [0.29, 0.717) is 28.6 Å². The van der Waals surface area contributed by atoms with Crippen molar-refractivity contribution in [1.29, 1.82) is 0 Å². The van der Waals surface area contributed by atoms with Crippen molar-refractivity contribution >= 4 is 40.1 Å². The first-order valence-electron chi connectivity index (χ1n) is 8.74. The van der Waals surface area contributed by atoms with Crippen molar-refractivity contribution in [3.8, 4) is 0 Å². The Bertz CT molecular complexity index is 881. The molecular formula is C20H22Cl2N2O2S. The van der Waals surface area contributed by atoms with E-state index in [4.69, 9.17) is 23.2 Å². The van der Waals surface area contributed by atoms with Crippen molar-refractivity contribution < 1.29 is 9.00 Å². The van der Waals surface area contributed by atoms with Gasteiger partial charge in [-0.3, -0.25) is 4.79 Å². The van der Waals surface area contributed by atoms with Crippen LogP contribution < -0.4 is 0 Å². The number of nitrogens with zero attached hydrogens (tertiary/aromatic N) is 2. The fraction of sp³-hybridized carbons (Fsp3) is 0.350. The number of amides is 1. The van der Waals surface area contributed by atoms with Crippen molar-refractivity contribution in [2.75, 3.05) is 20.6 Å². The molecule has 4 nitrogen and oxygen atoms in total. The Morgan fingerprint density at radius 2 is 1.81 bits per heavy atom. The van der Waals surface area contributed by atoms with E-state index in [1.165, 1.54) is 0 Å². The summed E-state index contributed by atoms with van der Waals surface area (Å²) in [6.07, 6.45) is 0.846. The molecule has 144 valence electrons. The van der Waals surface area contributed by atoms with Gasteiger partial charge in [0.1, 0.15) is 11.0 Å². The normalized spacial score (nSPS) is 17.7. The summed E-state index contributed by atoms with van der Waals surface area (Å²) in [6, 6.07) is 11.0. The third-order valence-corrected chi connectivity index (χ3v) is 7.05. The van der Waals surface area contributed by atoms with Crippen LogP contribution in [0.4, 0.5) is 0 Å². The average molecular weight is 425 g/mol. The van der Waals surface area contributed by atoms with Crippen LogP contribution in [0.5, 0.6) is 0 Å². The number of halogens is 2. The summed E-state index contributed by atoms with van der Waals surface area (Å²) in [7, 11) is 2.39.